The van der Waals surface area contributed by atoms with Gasteiger partial charge < -0.3 is 9.84 Å². The fourth-order valence-corrected chi connectivity index (χ4v) is 2.46. The number of halogens is 2. The van der Waals surface area contributed by atoms with Crippen molar-refractivity contribution in [1.29, 1.82) is 0 Å². The molecule has 1 N–H and O–H groups in total. The van der Waals surface area contributed by atoms with Crippen molar-refractivity contribution in [2.45, 2.75) is 6.92 Å². The fourth-order valence-electron chi connectivity index (χ4n) is 1.94. The second-order valence-corrected chi connectivity index (χ2v) is 4.86. The average molecular weight is 311 g/mol. The van der Waals surface area contributed by atoms with Gasteiger partial charge in [0, 0.05) is 5.56 Å². The van der Waals surface area contributed by atoms with Crippen LogP contribution in [0.5, 0.6) is 5.75 Å². The molecule has 0 saturated carbocycles. The standard InChI is InChI=1S/C15H12Cl2O3/c1-2-20-9-6-7-10(13(17)8-9)11-4-3-5-12(16)14(11)15(18)19/h3-8H,2H2,1H3,(H,18,19). The molecule has 0 amide bonds. The van der Waals surface area contributed by atoms with Crippen LogP contribution in [-0.4, -0.2) is 17.7 Å². The number of ether oxygens (including phenoxy) is 1. The molecule has 0 fully saturated rings. The summed E-state index contributed by atoms with van der Waals surface area (Å²) in [4.78, 5) is 11.3. The summed E-state index contributed by atoms with van der Waals surface area (Å²) < 4.78 is 5.35. The summed E-state index contributed by atoms with van der Waals surface area (Å²) in [6, 6.07) is 10.0. The number of carboxylic acid groups (broad SMARTS) is 1. The summed E-state index contributed by atoms with van der Waals surface area (Å²) >= 11 is 12.2. The molecule has 3 nitrogen and oxygen atoms in total. The second kappa shape index (κ2) is 6.16. The SMILES string of the molecule is CCOc1ccc(-c2cccc(Cl)c2C(=O)O)c(Cl)c1. The zero-order valence-corrected chi connectivity index (χ0v) is 12.2. The molecule has 5 heteroatoms. The maximum atomic E-state index is 11.3. The van der Waals surface area contributed by atoms with Crippen molar-refractivity contribution in [3.05, 3.63) is 52.0 Å². The van der Waals surface area contributed by atoms with Crippen LogP contribution in [0.15, 0.2) is 36.4 Å². The first-order chi connectivity index (χ1) is 9.54. The molecule has 0 aromatic heterocycles. The molecule has 0 unspecified atom stereocenters. The average Bonchev–Trinajstić information content (AvgIpc) is 2.38. The zero-order chi connectivity index (χ0) is 14.7. The smallest absolute Gasteiger partial charge is 0.337 e. The van der Waals surface area contributed by atoms with E-state index >= 15 is 0 Å². The van der Waals surface area contributed by atoms with E-state index in [-0.39, 0.29) is 10.6 Å². The van der Waals surface area contributed by atoms with Gasteiger partial charge in [0.25, 0.3) is 0 Å². The van der Waals surface area contributed by atoms with Crippen LogP contribution < -0.4 is 4.74 Å². The van der Waals surface area contributed by atoms with Gasteiger partial charge in [-0.05, 0) is 36.8 Å². The molecule has 0 aliphatic rings. The minimum absolute atomic E-state index is 0.0419. The van der Waals surface area contributed by atoms with E-state index in [1.165, 1.54) is 6.07 Å². The Morgan fingerprint density at radius 1 is 1.15 bits per heavy atom. The Balaban J connectivity index is 2.57. The summed E-state index contributed by atoms with van der Waals surface area (Å²) in [5.74, 6) is -0.448. The van der Waals surface area contributed by atoms with Crippen molar-refractivity contribution in [3.63, 3.8) is 0 Å². The number of hydrogen-bond acceptors (Lipinski definition) is 2. The first-order valence-corrected chi connectivity index (χ1v) is 6.74. The Morgan fingerprint density at radius 3 is 2.50 bits per heavy atom. The molecular weight excluding hydrogens is 299 g/mol. The highest BCUT2D eigenvalue weighted by molar-refractivity contribution is 6.36. The van der Waals surface area contributed by atoms with Crippen molar-refractivity contribution in [2.75, 3.05) is 6.61 Å². The molecule has 20 heavy (non-hydrogen) atoms. The van der Waals surface area contributed by atoms with Gasteiger partial charge in [0.15, 0.2) is 0 Å². The van der Waals surface area contributed by atoms with Crippen LogP contribution in [0.1, 0.15) is 17.3 Å². The van der Waals surface area contributed by atoms with Crippen LogP contribution in [0.25, 0.3) is 11.1 Å². The second-order valence-electron chi connectivity index (χ2n) is 4.04. The van der Waals surface area contributed by atoms with E-state index in [0.717, 1.165) is 0 Å². The molecule has 0 aliphatic heterocycles. The highest BCUT2D eigenvalue weighted by atomic mass is 35.5. The van der Waals surface area contributed by atoms with Crippen LogP contribution in [0.2, 0.25) is 10.0 Å². The Morgan fingerprint density at radius 2 is 1.90 bits per heavy atom. The van der Waals surface area contributed by atoms with Crippen LogP contribution in [0.4, 0.5) is 0 Å². The highest BCUT2D eigenvalue weighted by Gasteiger charge is 2.17. The van der Waals surface area contributed by atoms with Gasteiger partial charge in [-0.3, -0.25) is 0 Å². The largest absolute Gasteiger partial charge is 0.494 e. The van der Waals surface area contributed by atoms with Crippen molar-refractivity contribution in [3.8, 4) is 16.9 Å². The topological polar surface area (TPSA) is 46.5 Å². The van der Waals surface area contributed by atoms with E-state index in [9.17, 15) is 9.90 Å². The Labute approximate surface area is 126 Å². The van der Waals surface area contributed by atoms with Crippen molar-refractivity contribution >= 4 is 29.2 Å². The number of aromatic carboxylic acids is 1. The van der Waals surface area contributed by atoms with Crippen molar-refractivity contribution < 1.29 is 14.6 Å². The lowest BCUT2D eigenvalue weighted by Crippen LogP contribution is -2.01. The van der Waals surface area contributed by atoms with Crippen LogP contribution in [0.3, 0.4) is 0 Å². The predicted octanol–water partition coefficient (Wildman–Crippen LogP) is 4.76. The molecule has 2 aromatic carbocycles. The summed E-state index contributed by atoms with van der Waals surface area (Å²) in [5.41, 5.74) is 1.13. The molecule has 0 aliphatic carbocycles. The first-order valence-electron chi connectivity index (χ1n) is 5.99. The number of rotatable bonds is 4. The van der Waals surface area contributed by atoms with Crippen LogP contribution in [-0.2, 0) is 0 Å². The molecule has 0 heterocycles. The lowest BCUT2D eigenvalue weighted by molar-refractivity contribution is 0.0698. The first kappa shape index (κ1) is 14.7. The van der Waals surface area contributed by atoms with E-state index in [0.29, 0.717) is 28.5 Å². The van der Waals surface area contributed by atoms with Gasteiger partial charge in [0.2, 0.25) is 0 Å². The van der Waals surface area contributed by atoms with Gasteiger partial charge in [-0.2, -0.15) is 0 Å². The van der Waals surface area contributed by atoms with E-state index in [4.69, 9.17) is 27.9 Å². The van der Waals surface area contributed by atoms with E-state index in [2.05, 4.69) is 0 Å². The third-order valence-corrected chi connectivity index (χ3v) is 3.40. The molecule has 0 spiro atoms. The number of hydrogen-bond donors (Lipinski definition) is 1. The van der Waals surface area contributed by atoms with Gasteiger partial charge in [-0.25, -0.2) is 4.79 Å². The molecule has 0 bridgehead atoms. The van der Waals surface area contributed by atoms with E-state index < -0.39 is 5.97 Å². The van der Waals surface area contributed by atoms with Gasteiger partial charge in [0.1, 0.15) is 5.75 Å². The highest BCUT2D eigenvalue weighted by Crippen LogP contribution is 2.35. The van der Waals surface area contributed by atoms with E-state index in [1.807, 2.05) is 6.92 Å². The maximum Gasteiger partial charge on any atom is 0.337 e. The third-order valence-electron chi connectivity index (χ3n) is 2.77. The third kappa shape index (κ3) is 2.89. The minimum atomic E-state index is -1.09. The Kier molecular flexibility index (Phi) is 4.53. The minimum Gasteiger partial charge on any atom is -0.494 e. The summed E-state index contributed by atoms with van der Waals surface area (Å²) in [6.07, 6.45) is 0. The maximum absolute atomic E-state index is 11.3. The van der Waals surface area contributed by atoms with Crippen molar-refractivity contribution in [2.24, 2.45) is 0 Å². The Bertz CT molecular complexity index is 654. The molecule has 0 radical (unpaired) electrons. The number of carbonyl (C=O) groups is 1. The number of carboxylic acids is 1. The quantitative estimate of drug-likeness (QED) is 0.885. The predicted molar refractivity (Wildman–Crippen MR) is 80.0 cm³/mol. The molecule has 2 aromatic rings. The van der Waals surface area contributed by atoms with Gasteiger partial charge in [0.05, 0.1) is 22.2 Å². The molecule has 2 rings (SSSR count). The van der Waals surface area contributed by atoms with Crippen LogP contribution in [0, 0.1) is 0 Å². The Hall–Kier alpha value is -1.71. The fraction of sp³-hybridized carbons (Fsp3) is 0.133. The number of benzene rings is 2. The zero-order valence-electron chi connectivity index (χ0n) is 10.7. The normalized spacial score (nSPS) is 10.3. The monoisotopic (exact) mass is 310 g/mol. The van der Waals surface area contributed by atoms with Crippen molar-refractivity contribution in [1.82, 2.24) is 0 Å². The molecule has 0 saturated heterocycles. The molecular formula is C15H12Cl2O3. The lowest BCUT2D eigenvalue weighted by Gasteiger charge is -2.11. The van der Waals surface area contributed by atoms with E-state index in [1.54, 1.807) is 30.3 Å². The van der Waals surface area contributed by atoms with Gasteiger partial charge in [-0.1, -0.05) is 35.3 Å². The summed E-state index contributed by atoms with van der Waals surface area (Å²) in [7, 11) is 0. The van der Waals surface area contributed by atoms with Gasteiger partial charge in [-0.15, -0.1) is 0 Å². The van der Waals surface area contributed by atoms with Crippen LogP contribution >= 0.6 is 23.2 Å². The molecule has 0 atom stereocenters. The van der Waals surface area contributed by atoms with Gasteiger partial charge >= 0.3 is 5.97 Å². The summed E-state index contributed by atoms with van der Waals surface area (Å²) in [6.45, 7) is 2.41. The molecule has 104 valence electrons. The lowest BCUT2D eigenvalue weighted by atomic mass is 9.99. The summed E-state index contributed by atoms with van der Waals surface area (Å²) in [5, 5.41) is 9.88.